The van der Waals surface area contributed by atoms with Crippen LogP contribution in [0.3, 0.4) is 0 Å². The van der Waals surface area contributed by atoms with Crippen LogP contribution < -0.4 is 4.72 Å². The van der Waals surface area contributed by atoms with Crippen LogP contribution in [0.4, 0.5) is 5.69 Å². The monoisotopic (exact) mass is 375 g/mol. The summed E-state index contributed by atoms with van der Waals surface area (Å²) < 4.78 is 28.3. The van der Waals surface area contributed by atoms with E-state index in [1.54, 1.807) is 19.1 Å². The number of hydrogen-bond acceptors (Lipinski definition) is 4. The Morgan fingerprint density at radius 3 is 2.65 bits per heavy atom. The maximum absolute atomic E-state index is 12.4. The Labute approximate surface area is 130 Å². The second-order valence-electron chi connectivity index (χ2n) is 4.31. The van der Waals surface area contributed by atoms with Gasteiger partial charge in [-0.05, 0) is 37.6 Å². The van der Waals surface area contributed by atoms with Gasteiger partial charge >= 0.3 is 0 Å². The number of thiophene rings is 1. The van der Waals surface area contributed by atoms with Gasteiger partial charge < -0.3 is 5.11 Å². The predicted octanol–water partition coefficient (Wildman–Crippen LogP) is 3.42. The SMILES string of the molecule is Cc1sc(CO)cc1S(=O)(=O)Nc1cccc(Br)c1C. The minimum absolute atomic E-state index is 0.156. The number of rotatable bonds is 4. The maximum Gasteiger partial charge on any atom is 0.263 e. The van der Waals surface area contributed by atoms with Crippen LogP contribution in [0.1, 0.15) is 15.3 Å². The molecule has 4 nitrogen and oxygen atoms in total. The number of nitrogens with one attached hydrogen (secondary N) is 1. The summed E-state index contributed by atoms with van der Waals surface area (Å²) in [5.74, 6) is 0. The lowest BCUT2D eigenvalue weighted by Crippen LogP contribution is -2.14. The molecule has 0 radical (unpaired) electrons. The van der Waals surface area contributed by atoms with E-state index >= 15 is 0 Å². The second kappa shape index (κ2) is 5.85. The molecule has 0 saturated carbocycles. The summed E-state index contributed by atoms with van der Waals surface area (Å²) in [5, 5.41) is 9.10. The fraction of sp³-hybridized carbons (Fsp3) is 0.231. The number of halogens is 1. The van der Waals surface area contributed by atoms with Gasteiger partial charge in [0.1, 0.15) is 4.90 Å². The van der Waals surface area contributed by atoms with Gasteiger partial charge in [-0.1, -0.05) is 22.0 Å². The smallest absolute Gasteiger partial charge is 0.263 e. The minimum Gasteiger partial charge on any atom is -0.391 e. The molecule has 0 atom stereocenters. The van der Waals surface area contributed by atoms with Crippen LogP contribution in [0, 0.1) is 13.8 Å². The van der Waals surface area contributed by atoms with Crippen LogP contribution in [-0.2, 0) is 16.6 Å². The molecule has 0 unspecified atom stereocenters. The molecule has 108 valence electrons. The number of anilines is 1. The van der Waals surface area contributed by atoms with Gasteiger partial charge in [-0.15, -0.1) is 11.3 Å². The van der Waals surface area contributed by atoms with Crippen molar-refractivity contribution in [2.75, 3.05) is 4.72 Å². The molecule has 1 heterocycles. The fourth-order valence-corrected chi connectivity index (χ4v) is 4.77. The van der Waals surface area contributed by atoms with Gasteiger partial charge in [-0.3, -0.25) is 4.72 Å². The van der Waals surface area contributed by atoms with Crippen molar-refractivity contribution in [3.63, 3.8) is 0 Å². The molecule has 0 fully saturated rings. The molecule has 0 bridgehead atoms. The van der Waals surface area contributed by atoms with Crippen LogP contribution in [-0.4, -0.2) is 13.5 Å². The first kappa shape index (κ1) is 15.5. The van der Waals surface area contributed by atoms with Gasteiger partial charge in [-0.25, -0.2) is 8.42 Å². The van der Waals surface area contributed by atoms with Gasteiger partial charge in [0.05, 0.1) is 12.3 Å². The molecule has 0 saturated heterocycles. The van der Waals surface area contributed by atoms with Crippen LogP contribution in [0.2, 0.25) is 0 Å². The maximum atomic E-state index is 12.4. The van der Waals surface area contributed by atoms with Gasteiger partial charge in [0.15, 0.2) is 0 Å². The highest BCUT2D eigenvalue weighted by Gasteiger charge is 2.20. The van der Waals surface area contributed by atoms with E-state index in [0.717, 1.165) is 10.0 Å². The molecule has 2 N–H and O–H groups in total. The molecule has 2 aromatic rings. The molecule has 0 aliphatic rings. The largest absolute Gasteiger partial charge is 0.391 e. The van der Waals surface area contributed by atoms with Crippen molar-refractivity contribution in [1.82, 2.24) is 0 Å². The van der Waals surface area contributed by atoms with E-state index in [1.807, 2.05) is 13.0 Å². The van der Waals surface area contributed by atoms with Crippen LogP contribution >= 0.6 is 27.3 Å². The van der Waals surface area contributed by atoms with Crippen LogP contribution in [0.5, 0.6) is 0 Å². The third-order valence-electron chi connectivity index (χ3n) is 2.88. The lowest BCUT2D eigenvalue weighted by molar-refractivity contribution is 0.285. The van der Waals surface area contributed by atoms with Gasteiger partial charge in [0.25, 0.3) is 10.0 Å². The summed E-state index contributed by atoms with van der Waals surface area (Å²) in [6.07, 6.45) is 0. The third kappa shape index (κ3) is 3.06. The first-order valence-electron chi connectivity index (χ1n) is 5.83. The topological polar surface area (TPSA) is 66.4 Å². The Kier molecular flexibility index (Phi) is 4.53. The summed E-state index contributed by atoms with van der Waals surface area (Å²) in [6, 6.07) is 6.85. The summed E-state index contributed by atoms with van der Waals surface area (Å²) >= 11 is 4.65. The standard InChI is InChI=1S/C13H14BrNO3S2/c1-8-11(14)4-3-5-12(8)15-20(17,18)13-6-10(7-16)19-9(13)2/h3-6,15-16H,7H2,1-2H3. The Bertz CT molecular complexity index is 738. The molecule has 2 rings (SSSR count). The summed E-state index contributed by atoms with van der Waals surface area (Å²) in [5.41, 5.74) is 1.36. The number of aryl methyl sites for hydroxylation is 1. The van der Waals surface area contributed by atoms with E-state index in [9.17, 15) is 8.42 Å². The summed E-state index contributed by atoms with van der Waals surface area (Å²) in [6.45, 7) is 3.41. The zero-order valence-electron chi connectivity index (χ0n) is 11.0. The summed E-state index contributed by atoms with van der Waals surface area (Å²) in [7, 11) is -3.64. The molecular formula is C13H14BrNO3S2. The van der Waals surface area contributed by atoms with Crippen molar-refractivity contribution in [2.45, 2.75) is 25.3 Å². The zero-order valence-corrected chi connectivity index (χ0v) is 14.2. The lowest BCUT2D eigenvalue weighted by atomic mass is 10.2. The molecular weight excluding hydrogens is 362 g/mol. The molecule has 1 aromatic heterocycles. The molecule has 7 heteroatoms. The Hall–Kier alpha value is -0.890. The Balaban J connectivity index is 2.40. The van der Waals surface area contributed by atoms with E-state index in [-0.39, 0.29) is 11.5 Å². The predicted molar refractivity (Wildman–Crippen MR) is 84.7 cm³/mol. The lowest BCUT2D eigenvalue weighted by Gasteiger charge is -2.11. The molecule has 0 aliphatic heterocycles. The third-order valence-corrected chi connectivity index (χ3v) is 6.40. The Morgan fingerprint density at radius 2 is 2.05 bits per heavy atom. The average molecular weight is 376 g/mol. The highest BCUT2D eigenvalue weighted by atomic mass is 79.9. The number of sulfonamides is 1. The van der Waals surface area contributed by atoms with Crippen LogP contribution in [0.15, 0.2) is 33.6 Å². The van der Waals surface area contributed by atoms with Crippen molar-refractivity contribution in [3.05, 3.63) is 44.1 Å². The molecule has 20 heavy (non-hydrogen) atoms. The van der Waals surface area contributed by atoms with E-state index in [0.29, 0.717) is 15.4 Å². The van der Waals surface area contributed by atoms with Gasteiger partial charge in [0, 0.05) is 14.2 Å². The van der Waals surface area contributed by atoms with E-state index in [4.69, 9.17) is 5.11 Å². The highest BCUT2D eigenvalue weighted by Crippen LogP contribution is 2.30. The van der Waals surface area contributed by atoms with Gasteiger partial charge in [0.2, 0.25) is 0 Å². The van der Waals surface area contributed by atoms with E-state index in [1.165, 1.54) is 17.4 Å². The summed E-state index contributed by atoms with van der Waals surface area (Å²) in [4.78, 5) is 1.51. The Morgan fingerprint density at radius 1 is 1.35 bits per heavy atom. The number of hydrogen-bond donors (Lipinski definition) is 2. The quantitative estimate of drug-likeness (QED) is 0.859. The van der Waals surface area contributed by atoms with Crippen molar-refractivity contribution < 1.29 is 13.5 Å². The van der Waals surface area contributed by atoms with E-state index < -0.39 is 10.0 Å². The van der Waals surface area contributed by atoms with Gasteiger partial charge in [-0.2, -0.15) is 0 Å². The van der Waals surface area contributed by atoms with Crippen molar-refractivity contribution in [1.29, 1.82) is 0 Å². The number of aliphatic hydroxyl groups excluding tert-OH is 1. The fourth-order valence-electron chi connectivity index (χ4n) is 1.79. The van der Waals surface area contributed by atoms with Crippen molar-refractivity contribution in [3.8, 4) is 0 Å². The first-order chi connectivity index (χ1) is 9.35. The second-order valence-corrected chi connectivity index (χ2v) is 8.16. The average Bonchev–Trinajstić information content (AvgIpc) is 2.77. The first-order valence-corrected chi connectivity index (χ1v) is 8.92. The molecule has 1 aromatic carbocycles. The zero-order chi connectivity index (χ0) is 14.9. The van der Waals surface area contributed by atoms with Crippen LogP contribution in [0.25, 0.3) is 0 Å². The highest BCUT2D eigenvalue weighted by molar-refractivity contribution is 9.10. The number of aliphatic hydroxyl groups is 1. The molecule has 0 amide bonds. The molecule has 0 spiro atoms. The minimum atomic E-state index is -3.64. The molecule has 0 aliphatic carbocycles. The van der Waals surface area contributed by atoms with E-state index in [2.05, 4.69) is 20.7 Å². The van der Waals surface area contributed by atoms with Crippen molar-refractivity contribution >= 4 is 43.0 Å². The normalized spacial score (nSPS) is 11.6. The number of benzene rings is 1. The van der Waals surface area contributed by atoms with Crippen molar-refractivity contribution in [2.24, 2.45) is 0 Å².